The monoisotopic (exact) mass is 512 g/mol. The van der Waals surface area contributed by atoms with Crippen molar-refractivity contribution in [2.75, 3.05) is 13.6 Å². The van der Waals surface area contributed by atoms with Crippen molar-refractivity contribution in [3.05, 3.63) is 42.0 Å². The van der Waals surface area contributed by atoms with E-state index < -0.39 is 0 Å². The molecule has 2 N–H and O–H groups in total. The smallest absolute Gasteiger partial charge is 0.191 e. The number of hydrogen-bond donors (Lipinski definition) is 2. The molecule has 0 aliphatic heterocycles. The van der Waals surface area contributed by atoms with Gasteiger partial charge in [0.05, 0.1) is 6.10 Å². The molecule has 1 saturated carbocycles. The van der Waals surface area contributed by atoms with E-state index in [0.717, 1.165) is 37.6 Å². The van der Waals surface area contributed by atoms with E-state index >= 15 is 0 Å². The van der Waals surface area contributed by atoms with E-state index in [1.165, 1.54) is 36.8 Å². The zero-order valence-corrected chi connectivity index (χ0v) is 19.8. The van der Waals surface area contributed by atoms with Crippen LogP contribution < -0.4 is 15.4 Å². The number of aryl methyl sites for hydroxylation is 2. The maximum absolute atomic E-state index is 6.29. The van der Waals surface area contributed by atoms with Gasteiger partial charge in [-0.3, -0.25) is 4.99 Å². The lowest BCUT2D eigenvalue weighted by atomic mass is 10.1. The van der Waals surface area contributed by atoms with Crippen LogP contribution in [0.4, 0.5) is 0 Å². The number of guanidine groups is 1. The van der Waals surface area contributed by atoms with Crippen molar-refractivity contribution in [2.24, 2.45) is 4.99 Å². The highest BCUT2D eigenvalue weighted by molar-refractivity contribution is 14.0. The molecule has 0 spiro atoms. The highest BCUT2D eigenvalue weighted by Crippen LogP contribution is 2.27. The molecule has 0 saturated heterocycles. The molecule has 8 heteroatoms. The number of ether oxygens (including phenoxy) is 1. The largest absolute Gasteiger partial charge is 0.490 e. The van der Waals surface area contributed by atoms with Gasteiger partial charge in [0, 0.05) is 32.2 Å². The predicted molar refractivity (Wildman–Crippen MR) is 127 cm³/mol. The van der Waals surface area contributed by atoms with Crippen molar-refractivity contribution in [3.8, 4) is 5.75 Å². The molecule has 0 unspecified atom stereocenters. The summed E-state index contributed by atoms with van der Waals surface area (Å²) in [5, 5.41) is 14.4. The quantitative estimate of drug-likeness (QED) is 0.232. The van der Waals surface area contributed by atoms with Gasteiger partial charge in [0.1, 0.15) is 18.4 Å². The Bertz CT molecular complexity index is 744. The third-order valence-corrected chi connectivity index (χ3v) is 5.09. The van der Waals surface area contributed by atoms with E-state index in [0.29, 0.717) is 12.6 Å². The fourth-order valence-electron chi connectivity index (χ4n) is 3.47. The lowest BCUT2D eigenvalue weighted by Crippen LogP contribution is -2.37. The van der Waals surface area contributed by atoms with Crippen LogP contribution in [-0.2, 0) is 13.1 Å². The van der Waals surface area contributed by atoms with E-state index in [1.807, 2.05) is 4.57 Å². The minimum absolute atomic E-state index is 0. The second kappa shape index (κ2) is 12.7. The molecule has 1 fully saturated rings. The van der Waals surface area contributed by atoms with E-state index in [9.17, 15) is 0 Å². The van der Waals surface area contributed by atoms with Crippen molar-refractivity contribution < 1.29 is 4.74 Å². The van der Waals surface area contributed by atoms with Crippen molar-refractivity contribution in [2.45, 2.75) is 64.6 Å². The summed E-state index contributed by atoms with van der Waals surface area (Å²) in [5.41, 5.74) is 2.40. The zero-order valence-electron chi connectivity index (χ0n) is 17.4. The fourth-order valence-corrected chi connectivity index (χ4v) is 3.47. The number of benzene rings is 1. The molecule has 1 aliphatic carbocycles. The molecule has 160 valence electrons. The van der Waals surface area contributed by atoms with Gasteiger partial charge < -0.3 is 19.9 Å². The van der Waals surface area contributed by atoms with Gasteiger partial charge in [-0.1, -0.05) is 12.1 Å². The lowest BCUT2D eigenvalue weighted by molar-refractivity contribution is 0.207. The molecule has 2 aromatic rings. The van der Waals surface area contributed by atoms with Crippen molar-refractivity contribution in [1.82, 2.24) is 25.4 Å². The van der Waals surface area contributed by atoms with Crippen LogP contribution in [0.2, 0.25) is 0 Å². The fraction of sp³-hybridized carbons (Fsp3) is 0.571. The maximum Gasteiger partial charge on any atom is 0.191 e. The molecule has 7 nitrogen and oxygen atoms in total. The van der Waals surface area contributed by atoms with Gasteiger partial charge in [0.25, 0.3) is 0 Å². The van der Waals surface area contributed by atoms with Crippen LogP contribution in [0, 0.1) is 6.92 Å². The SMILES string of the molecule is CN=C(NCCCCn1cnnc1)NCc1ccc(C)cc1OC1CCCC1.I. The average molecular weight is 512 g/mol. The molecular weight excluding hydrogens is 479 g/mol. The Labute approximate surface area is 190 Å². The molecule has 0 bridgehead atoms. The molecule has 0 atom stereocenters. The van der Waals surface area contributed by atoms with Crippen molar-refractivity contribution in [1.29, 1.82) is 0 Å². The molecule has 0 radical (unpaired) electrons. The zero-order chi connectivity index (χ0) is 19.6. The second-order valence-electron chi connectivity index (χ2n) is 7.39. The standard InChI is InChI=1S/C21H32N6O.HI/c1-17-9-10-18(20(13-17)28-19-7-3-4-8-19)14-24-21(22-2)23-11-5-6-12-27-15-25-26-16-27;/h9-10,13,15-16,19H,3-8,11-12,14H2,1-2H3,(H2,22,23,24);1H. The Hall–Kier alpha value is -1.84. The molecule has 1 aromatic carbocycles. The van der Waals surface area contributed by atoms with E-state index in [2.05, 4.69) is 50.9 Å². The number of hydrogen-bond acceptors (Lipinski definition) is 4. The predicted octanol–water partition coefficient (Wildman–Crippen LogP) is 3.67. The summed E-state index contributed by atoms with van der Waals surface area (Å²) in [5.74, 6) is 1.82. The Kier molecular flexibility index (Phi) is 10.2. The lowest BCUT2D eigenvalue weighted by Gasteiger charge is -2.18. The highest BCUT2D eigenvalue weighted by atomic mass is 127. The van der Waals surface area contributed by atoms with Gasteiger partial charge in [-0.2, -0.15) is 0 Å². The normalized spacial score (nSPS) is 14.5. The van der Waals surface area contributed by atoms with Crippen molar-refractivity contribution in [3.63, 3.8) is 0 Å². The number of rotatable bonds is 9. The Morgan fingerprint density at radius 3 is 2.66 bits per heavy atom. The third-order valence-electron chi connectivity index (χ3n) is 5.09. The number of nitrogens with one attached hydrogen (secondary N) is 2. The summed E-state index contributed by atoms with van der Waals surface area (Å²) >= 11 is 0. The third kappa shape index (κ3) is 7.83. The van der Waals surface area contributed by atoms with Gasteiger partial charge in [-0.15, -0.1) is 34.2 Å². The van der Waals surface area contributed by atoms with Gasteiger partial charge in [-0.25, -0.2) is 0 Å². The number of unbranched alkanes of at least 4 members (excludes halogenated alkanes) is 1. The van der Waals surface area contributed by atoms with Crippen LogP contribution in [0.3, 0.4) is 0 Å². The van der Waals surface area contributed by atoms with E-state index in [4.69, 9.17) is 4.74 Å². The summed E-state index contributed by atoms with van der Waals surface area (Å²) in [6.07, 6.45) is 10.9. The number of aliphatic imine (C=N–C) groups is 1. The molecule has 1 heterocycles. The summed E-state index contributed by atoms with van der Waals surface area (Å²) in [7, 11) is 1.80. The molecule has 1 aliphatic rings. The minimum Gasteiger partial charge on any atom is -0.490 e. The van der Waals surface area contributed by atoms with Gasteiger partial charge >= 0.3 is 0 Å². The molecule has 1 aromatic heterocycles. The summed E-state index contributed by atoms with van der Waals surface area (Å²) in [6, 6.07) is 6.44. The Balaban J connectivity index is 0.00000300. The average Bonchev–Trinajstić information content (AvgIpc) is 3.39. The van der Waals surface area contributed by atoms with Crippen LogP contribution in [0.1, 0.15) is 49.7 Å². The molecule has 3 rings (SSSR count). The van der Waals surface area contributed by atoms with E-state index in [1.54, 1.807) is 19.7 Å². The van der Waals surface area contributed by atoms with Gasteiger partial charge in [-0.05, 0) is 57.1 Å². The van der Waals surface area contributed by atoms with Crippen LogP contribution in [0.15, 0.2) is 35.8 Å². The van der Waals surface area contributed by atoms with Crippen LogP contribution >= 0.6 is 24.0 Å². The summed E-state index contributed by atoms with van der Waals surface area (Å²) in [4.78, 5) is 4.33. The molecule has 29 heavy (non-hydrogen) atoms. The van der Waals surface area contributed by atoms with Crippen molar-refractivity contribution >= 4 is 29.9 Å². The van der Waals surface area contributed by atoms with Crippen LogP contribution in [0.25, 0.3) is 0 Å². The Morgan fingerprint density at radius 2 is 1.93 bits per heavy atom. The first-order valence-electron chi connectivity index (χ1n) is 10.3. The maximum atomic E-state index is 6.29. The summed E-state index contributed by atoms with van der Waals surface area (Å²) in [6.45, 7) is 4.62. The number of nitrogens with zero attached hydrogens (tertiary/aromatic N) is 4. The summed E-state index contributed by atoms with van der Waals surface area (Å²) < 4.78 is 8.29. The number of halogens is 1. The topological polar surface area (TPSA) is 76.4 Å². The van der Waals surface area contributed by atoms with Gasteiger partial charge in [0.2, 0.25) is 0 Å². The van der Waals surface area contributed by atoms with Crippen LogP contribution in [0.5, 0.6) is 5.75 Å². The second-order valence-corrected chi connectivity index (χ2v) is 7.39. The highest BCUT2D eigenvalue weighted by Gasteiger charge is 2.18. The van der Waals surface area contributed by atoms with Gasteiger partial charge in [0.15, 0.2) is 5.96 Å². The minimum atomic E-state index is 0. The first-order valence-corrected chi connectivity index (χ1v) is 10.3. The number of aromatic nitrogens is 3. The molecule has 0 amide bonds. The van der Waals surface area contributed by atoms with E-state index in [-0.39, 0.29) is 24.0 Å². The van der Waals surface area contributed by atoms with Crippen LogP contribution in [-0.4, -0.2) is 40.4 Å². The Morgan fingerprint density at radius 1 is 1.17 bits per heavy atom. The first-order chi connectivity index (χ1) is 13.7. The first kappa shape index (κ1) is 23.4. The molecular formula is C21H33IN6O.